The molecule has 0 spiro atoms. The van der Waals surface area contributed by atoms with Crippen LogP contribution in [0.15, 0.2) is 30.3 Å². The molecule has 0 unspecified atom stereocenters. The molecule has 1 saturated heterocycles. The highest BCUT2D eigenvalue weighted by molar-refractivity contribution is 5.73. The third kappa shape index (κ3) is 6.88. The lowest BCUT2D eigenvalue weighted by Crippen LogP contribution is -2.32. The van der Waals surface area contributed by atoms with Gasteiger partial charge in [0.1, 0.15) is 6.04 Å². The van der Waals surface area contributed by atoms with Crippen molar-refractivity contribution in [2.75, 3.05) is 26.3 Å². The molecule has 1 aromatic carbocycles. The SMILES string of the molecule is N[C@@H](Cc1ccccc1)C(=O)O.[NH-]N1CCOCC1. The summed E-state index contributed by atoms with van der Waals surface area (Å²) in [4.78, 5) is 10.4. The predicted octanol–water partition coefficient (Wildman–Crippen LogP) is 0.927. The maximum Gasteiger partial charge on any atom is 0.320 e. The molecular weight excluding hydrogens is 246 g/mol. The lowest BCUT2D eigenvalue weighted by molar-refractivity contribution is -0.138. The fourth-order valence-corrected chi connectivity index (χ4v) is 1.52. The lowest BCUT2D eigenvalue weighted by Gasteiger charge is -2.30. The fraction of sp³-hybridized carbons (Fsp3) is 0.462. The molecule has 2 rings (SSSR count). The van der Waals surface area contributed by atoms with E-state index in [9.17, 15) is 4.79 Å². The Balaban J connectivity index is 0.000000218. The molecule has 0 aromatic heterocycles. The van der Waals surface area contributed by atoms with Crippen LogP contribution in [0.4, 0.5) is 0 Å². The van der Waals surface area contributed by atoms with E-state index >= 15 is 0 Å². The summed E-state index contributed by atoms with van der Waals surface area (Å²) >= 11 is 0. The van der Waals surface area contributed by atoms with Crippen molar-refractivity contribution in [1.29, 1.82) is 0 Å². The van der Waals surface area contributed by atoms with E-state index in [1.807, 2.05) is 30.3 Å². The zero-order valence-corrected chi connectivity index (χ0v) is 10.8. The smallest absolute Gasteiger partial charge is 0.320 e. The minimum Gasteiger partial charge on any atom is -0.609 e. The Morgan fingerprint density at radius 1 is 1.37 bits per heavy atom. The Morgan fingerprint density at radius 3 is 2.37 bits per heavy atom. The van der Waals surface area contributed by atoms with Crippen molar-refractivity contribution in [1.82, 2.24) is 5.01 Å². The lowest BCUT2D eigenvalue weighted by atomic mass is 10.1. The van der Waals surface area contributed by atoms with E-state index in [0.29, 0.717) is 6.42 Å². The molecule has 1 aliphatic rings. The number of rotatable bonds is 3. The molecule has 0 saturated carbocycles. The predicted molar refractivity (Wildman–Crippen MR) is 72.5 cm³/mol. The minimum atomic E-state index is -0.959. The zero-order valence-electron chi connectivity index (χ0n) is 10.8. The maximum atomic E-state index is 10.4. The molecule has 1 atom stereocenters. The van der Waals surface area contributed by atoms with Gasteiger partial charge in [0.05, 0.1) is 13.2 Å². The highest BCUT2D eigenvalue weighted by Gasteiger charge is 2.10. The standard InChI is InChI=1S/C9H11NO2.C4H9N2O/c10-8(9(11)12)6-7-4-2-1-3-5-7;5-6-1-3-7-4-2-6/h1-5,8H,6,10H2,(H,11,12);5H,1-4H2/q;-1/t8-;/m0./s1. The van der Waals surface area contributed by atoms with Crippen molar-refractivity contribution in [3.8, 4) is 0 Å². The molecule has 0 bridgehead atoms. The first-order chi connectivity index (χ1) is 9.09. The molecule has 0 radical (unpaired) electrons. The number of nitrogens with one attached hydrogen (secondary N) is 1. The molecule has 4 N–H and O–H groups in total. The average Bonchev–Trinajstić information content (AvgIpc) is 2.41. The Bertz CT molecular complexity index is 367. The number of benzene rings is 1. The van der Waals surface area contributed by atoms with E-state index in [0.717, 1.165) is 31.9 Å². The maximum absolute atomic E-state index is 10.4. The van der Waals surface area contributed by atoms with Crippen LogP contribution in [0.5, 0.6) is 0 Å². The zero-order chi connectivity index (χ0) is 14.1. The van der Waals surface area contributed by atoms with Gasteiger partial charge in [-0.1, -0.05) is 30.3 Å². The molecule has 6 nitrogen and oxygen atoms in total. The second-order valence-corrected chi connectivity index (χ2v) is 4.23. The van der Waals surface area contributed by atoms with Crippen LogP contribution in [0.1, 0.15) is 5.56 Å². The van der Waals surface area contributed by atoms with E-state index in [4.69, 9.17) is 21.4 Å². The first-order valence-corrected chi connectivity index (χ1v) is 6.16. The highest BCUT2D eigenvalue weighted by Crippen LogP contribution is 2.01. The monoisotopic (exact) mass is 266 g/mol. The summed E-state index contributed by atoms with van der Waals surface area (Å²) in [6.45, 7) is 2.98. The van der Waals surface area contributed by atoms with Gasteiger partial charge in [-0.2, -0.15) is 0 Å². The van der Waals surface area contributed by atoms with Crippen LogP contribution >= 0.6 is 0 Å². The Morgan fingerprint density at radius 2 is 1.95 bits per heavy atom. The summed E-state index contributed by atoms with van der Waals surface area (Å²) in [6, 6.07) is 8.54. The number of carboxylic acids is 1. The highest BCUT2D eigenvalue weighted by atomic mass is 16.5. The topological polar surface area (TPSA) is 99.6 Å². The van der Waals surface area contributed by atoms with Crippen molar-refractivity contribution in [2.24, 2.45) is 5.73 Å². The normalized spacial score (nSPS) is 17.2. The fourth-order valence-electron chi connectivity index (χ4n) is 1.52. The molecule has 6 heteroatoms. The summed E-state index contributed by atoms with van der Waals surface area (Å²) in [5.74, 6) is 6.07. The van der Waals surface area contributed by atoms with Gasteiger partial charge in [0.2, 0.25) is 0 Å². The van der Waals surface area contributed by atoms with Gasteiger partial charge in [-0.3, -0.25) is 4.79 Å². The van der Waals surface area contributed by atoms with E-state index in [1.165, 1.54) is 5.01 Å². The largest absolute Gasteiger partial charge is 0.609 e. The van der Waals surface area contributed by atoms with Gasteiger partial charge in [-0.25, -0.2) is 0 Å². The summed E-state index contributed by atoms with van der Waals surface area (Å²) < 4.78 is 4.98. The summed E-state index contributed by atoms with van der Waals surface area (Å²) in [7, 11) is 0. The number of hydrogen-bond acceptors (Lipinski definition) is 4. The number of nitrogens with zero attached hydrogens (tertiary/aromatic N) is 1. The van der Waals surface area contributed by atoms with Gasteiger partial charge in [0.15, 0.2) is 0 Å². The summed E-state index contributed by atoms with van der Waals surface area (Å²) in [5.41, 5.74) is 6.30. The Hall–Kier alpha value is -1.47. The molecule has 1 aliphatic heterocycles. The first-order valence-electron chi connectivity index (χ1n) is 6.16. The number of carboxylic acid groups (broad SMARTS) is 1. The third-order valence-electron chi connectivity index (χ3n) is 2.63. The molecule has 19 heavy (non-hydrogen) atoms. The minimum absolute atomic E-state index is 0.385. The second kappa shape index (κ2) is 8.60. The van der Waals surface area contributed by atoms with Crippen molar-refractivity contribution in [3.05, 3.63) is 41.7 Å². The molecule has 1 heterocycles. The van der Waals surface area contributed by atoms with Gasteiger partial charge in [0, 0.05) is 13.1 Å². The van der Waals surface area contributed by atoms with Gasteiger partial charge in [0.25, 0.3) is 0 Å². The molecule has 0 aliphatic carbocycles. The molecule has 1 aromatic rings. The number of aliphatic carboxylic acids is 1. The van der Waals surface area contributed by atoms with E-state index in [-0.39, 0.29) is 0 Å². The van der Waals surface area contributed by atoms with Crippen LogP contribution in [0.3, 0.4) is 0 Å². The van der Waals surface area contributed by atoms with Crippen LogP contribution in [0, 0.1) is 0 Å². The number of ether oxygens (including phenoxy) is 1. The number of hydrogen-bond donors (Lipinski definition) is 2. The van der Waals surface area contributed by atoms with Crippen LogP contribution in [-0.4, -0.2) is 48.4 Å². The number of morpholine rings is 1. The molecule has 106 valence electrons. The van der Waals surface area contributed by atoms with E-state index in [2.05, 4.69) is 0 Å². The van der Waals surface area contributed by atoms with Gasteiger partial charge < -0.3 is 26.4 Å². The van der Waals surface area contributed by atoms with Crippen molar-refractivity contribution in [3.63, 3.8) is 0 Å². The molecular formula is C13H20N3O3-. The van der Waals surface area contributed by atoms with E-state index in [1.54, 1.807) is 0 Å². The average molecular weight is 266 g/mol. The number of carbonyl (C=O) groups is 1. The Labute approximate surface area is 112 Å². The first kappa shape index (κ1) is 15.6. The van der Waals surface area contributed by atoms with E-state index < -0.39 is 12.0 Å². The van der Waals surface area contributed by atoms with Crippen molar-refractivity contribution in [2.45, 2.75) is 12.5 Å². The molecule has 0 amide bonds. The summed E-state index contributed by atoms with van der Waals surface area (Å²) in [6.07, 6.45) is 0.385. The number of nitrogens with two attached hydrogens (primary N) is 1. The van der Waals surface area contributed by atoms with Gasteiger partial charge in [-0.15, -0.1) is 0 Å². The quantitative estimate of drug-likeness (QED) is 0.847. The van der Waals surface area contributed by atoms with Crippen LogP contribution in [0.2, 0.25) is 0 Å². The van der Waals surface area contributed by atoms with Crippen LogP contribution < -0.4 is 5.73 Å². The Kier molecular flexibility index (Phi) is 7.06. The van der Waals surface area contributed by atoms with Gasteiger partial charge in [-0.05, 0) is 12.0 Å². The van der Waals surface area contributed by atoms with Crippen molar-refractivity contribution >= 4 is 5.97 Å². The van der Waals surface area contributed by atoms with Crippen LogP contribution in [0.25, 0.3) is 5.84 Å². The van der Waals surface area contributed by atoms with Crippen molar-refractivity contribution < 1.29 is 14.6 Å². The van der Waals surface area contributed by atoms with Gasteiger partial charge >= 0.3 is 5.97 Å². The second-order valence-electron chi connectivity index (χ2n) is 4.23. The van der Waals surface area contributed by atoms with Crippen LogP contribution in [-0.2, 0) is 16.0 Å². The summed E-state index contributed by atoms with van der Waals surface area (Å²) in [5, 5.41) is 10.0. The third-order valence-corrected chi connectivity index (χ3v) is 2.63. The molecule has 1 fully saturated rings.